The largest absolute Gasteiger partial charge is 0.466 e. The number of hydrogen-bond acceptors (Lipinski definition) is 5. The summed E-state index contributed by atoms with van der Waals surface area (Å²) in [5, 5.41) is 23.3. The van der Waals surface area contributed by atoms with Crippen LogP contribution in [0.5, 0.6) is 0 Å². The molecule has 420 valence electrons. The summed E-state index contributed by atoms with van der Waals surface area (Å²) in [5.41, 5.74) is 0. The zero-order chi connectivity index (χ0) is 51.4. The van der Waals surface area contributed by atoms with E-state index in [9.17, 15) is 19.8 Å². The Kier molecular flexibility index (Phi) is 59.5. The van der Waals surface area contributed by atoms with Gasteiger partial charge < -0.3 is 20.3 Å². The highest BCUT2D eigenvalue weighted by Gasteiger charge is 2.20. The molecule has 0 spiro atoms. The molecule has 0 aromatic rings. The molecule has 0 aliphatic rings. The highest BCUT2D eigenvalue weighted by Crippen LogP contribution is 2.18. The Morgan fingerprint density at radius 2 is 0.662 bits per heavy atom. The summed E-state index contributed by atoms with van der Waals surface area (Å²) in [6.07, 6.45) is 74.8. The number of aliphatic hydroxyl groups is 2. The molecule has 0 heterocycles. The van der Waals surface area contributed by atoms with Crippen molar-refractivity contribution in [3.63, 3.8) is 0 Å². The molecule has 0 aliphatic carbocycles. The van der Waals surface area contributed by atoms with E-state index in [0.29, 0.717) is 25.9 Å². The molecule has 1 amide bonds. The Balaban J connectivity index is 3.38. The maximum Gasteiger partial charge on any atom is 0.305 e. The lowest BCUT2D eigenvalue weighted by Crippen LogP contribution is -2.45. The molecule has 0 aromatic carbocycles. The van der Waals surface area contributed by atoms with Crippen molar-refractivity contribution in [1.82, 2.24) is 5.32 Å². The maximum absolute atomic E-state index is 12.5. The van der Waals surface area contributed by atoms with Gasteiger partial charge in [0, 0.05) is 12.8 Å². The van der Waals surface area contributed by atoms with Crippen molar-refractivity contribution in [2.45, 2.75) is 366 Å². The van der Waals surface area contributed by atoms with Crippen LogP contribution in [0, 0.1) is 0 Å². The maximum atomic E-state index is 12.5. The molecule has 0 bridgehead atoms. The van der Waals surface area contributed by atoms with E-state index in [0.717, 1.165) is 44.9 Å². The number of unbranched alkanes of at least 4 members (excludes halogenated alkanes) is 45. The fourth-order valence-electron chi connectivity index (χ4n) is 10.0. The van der Waals surface area contributed by atoms with Crippen LogP contribution in [-0.2, 0) is 14.3 Å². The minimum Gasteiger partial charge on any atom is -0.466 e. The summed E-state index contributed by atoms with van der Waals surface area (Å²) in [6, 6.07) is -0.543. The van der Waals surface area contributed by atoms with Crippen molar-refractivity contribution in [2.75, 3.05) is 13.2 Å². The summed E-state index contributed by atoms with van der Waals surface area (Å²) in [4.78, 5) is 24.5. The Labute approximate surface area is 443 Å². The zero-order valence-electron chi connectivity index (χ0n) is 48.0. The number of amides is 1. The van der Waals surface area contributed by atoms with Crippen LogP contribution in [0.3, 0.4) is 0 Å². The first-order valence-electron chi connectivity index (χ1n) is 32.1. The van der Waals surface area contributed by atoms with Crippen LogP contribution < -0.4 is 5.32 Å². The molecular formula is C65H125NO5. The number of aliphatic hydroxyl groups excluding tert-OH is 2. The molecule has 0 rings (SSSR count). The van der Waals surface area contributed by atoms with E-state index in [-0.39, 0.29) is 18.5 Å². The summed E-state index contributed by atoms with van der Waals surface area (Å²) in [5.74, 6) is -0.0305. The second-order valence-corrected chi connectivity index (χ2v) is 22.1. The summed E-state index contributed by atoms with van der Waals surface area (Å²) in [6.45, 7) is 4.96. The Morgan fingerprint density at radius 1 is 0.380 bits per heavy atom. The third-order valence-electron chi connectivity index (χ3n) is 15.0. The molecule has 0 fully saturated rings. The predicted molar refractivity (Wildman–Crippen MR) is 310 cm³/mol. The predicted octanol–water partition coefficient (Wildman–Crippen LogP) is 20.2. The quantitative estimate of drug-likeness (QED) is 0.0320. The summed E-state index contributed by atoms with van der Waals surface area (Å²) >= 11 is 0. The smallest absolute Gasteiger partial charge is 0.305 e. The van der Waals surface area contributed by atoms with Crippen LogP contribution in [0.2, 0.25) is 0 Å². The molecule has 0 aliphatic heterocycles. The molecular weight excluding hydrogens is 875 g/mol. The molecule has 0 saturated carbocycles. The molecule has 0 aromatic heterocycles. The third-order valence-corrected chi connectivity index (χ3v) is 15.0. The molecule has 0 saturated heterocycles. The number of esters is 1. The fourth-order valence-corrected chi connectivity index (χ4v) is 10.0. The molecule has 0 radical (unpaired) electrons. The standard InChI is InChI=1S/C65H125NO5/c1-3-5-7-9-11-13-15-17-30-35-39-43-47-51-55-59-65(70)71-60-56-52-48-44-40-36-32-29-27-25-23-21-19-20-22-24-26-28-31-34-38-42-46-50-54-58-64(69)66-62(61-67)63(68)57-53-49-45-41-37-33-18-16-14-12-10-8-6-4-2/h17,20,22,30,62-63,67-68H,3-16,18-19,21,23-29,31-61H2,1-2H3,(H,66,69)/b22-20-,30-17-. The average Bonchev–Trinajstić information content (AvgIpc) is 3.37. The number of rotatable bonds is 60. The van der Waals surface area contributed by atoms with Gasteiger partial charge in [0.25, 0.3) is 0 Å². The van der Waals surface area contributed by atoms with E-state index < -0.39 is 12.1 Å². The third kappa shape index (κ3) is 57.5. The van der Waals surface area contributed by atoms with Gasteiger partial charge in [0.15, 0.2) is 0 Å². The van der Waals surface area contributed by atoms with Gasteiger partial charge in [0.2, 0.25) is 5.91 Å². The van der Waals surface area contributed by atoms with Gasteiger partial charge >= 0.3 is 5.97 Å². The van der Waals surface area contributed by atoms with Crippen LogP contribution >= 0.6 is 0 Å². The van der Waals surface area contributed by atoms with Gasteiger partial charge in [-0.1, -0.05) is 289 Å². The zero-order valence-corrected chi connectivity index (χ0v) is 48.0. The van der Waals surface area contributed by atoms with E-state index in [2.05, 4.69) is 43.5 Å². The van der Waals surface area contributed by atoms with E-state index >= 15 is 0 Å². The number of ether oxygens (including phenoxy) is 1. The fraction of sp³-hybridized carbons (Fsp3) is 0.908. The minimum absolute atomic E-state index is 0.00594. The van der Waals surface area contributed by atoms with Crippen molar-refractivity contribution in [3.8, 4) is 0 Å². The Bertz CT molecular complexity index is 1110. The molecule has 3 N–H and O–H groups in total. The molecule has 6 heteroatoms. The lowest BCUT2D eigenvalue weighted by molar-refractivity contribution is -0.143. The SMILES string of the molecule is CCCCCCCC/C=C\CCCCCCCC(=O)OCCCCCCCCCCCCCC/C=C\CCCCCCCCCCCC(=O)NC(CO)C(O)CCCCCCCCCCCCCCCC. The van der Waals surface area contributed by atoms with Crippen molar-refractivity contribution < 1.29 is 24.5 Å². The van der Waals surface area contributed by atoms with Crippen LogP contribution in [0.1, 0.15) is 354 Å². The highest BCUT2D eigenvalue weighted by molar-refractivity contribution is 5.76. The summed E-state index contributed by atoms with van der Waals surface area (Å²) in [7, 11) is 0. The highest BCUT2D eigenvalue weighted by atomic mass is 16.5. The van der Waals surface area contributed by atoms with Gasteiger partial charge in [-0.15, -0.1) is 0 Å². The number of carbonyl (C=O) groups excluding carboxylic acids is 2. The molecule has 6 nitrogen and oxygen atoms in total. The van der Waals surface area contributed by atoms with E-state index in [1.165, 1.54) is 276 Å². The number of carbonyl (C=O) groups is 2. The van der Waals surface area contributed by atoms with Gasteiger partial charge in [0.1, 0.15) is 0 Å². The Hall–Kier alpha value is -1.66. The number of hydrogen-bond donors (Lipinski definition) is 3. The summed E-state index contributed by atoms with van der Waals surface area (Å²) < 4.78 is 5.48. The number of nitrogens with one attached hydrogen (secondary N) is 1. The van der Waals surface area contributed by atoms with Gasteiger partial charge in [-0.3, -0.25) is 9.59 Å². The van der Waals surface area contributed by atoms with Crippen LogP contribution in [0.25, 0.3) is 0 Å². The average molecular weight is 1000 g/mol. The molecule has 2 unspecified atom stereocenters. The van der Waals surface area contributed by atoms with Gasteiger partial charge in [-0.25, -0.2) is 0 Å². The van der Waals surface area contributed by atoms with Gasteiger partial charge in [-0.05, 0) is 77.0 Å². The van der Waals surface area contributed by atoms with E-state index in [4.69, 9.17) is 4.74 Å². The second kappa shape index (κ2) is 60.9. The van der Waals surface area contributed by atoms with Crippen molar-refractivity contribution in [3.05, 3.63) is 24.3 Å². The lowest BCUT2D eigenvalue weighted by Gasteiger charge is -2.22. The van der Waals surface area contributed by atoms with E-state index in [1.807, 2.05) is 0 Å². The Morgan fingerprint density at radius 3 is 1.00 bits per heavy atom. The number of allylic oxidation sites excluding steroid dienone is 4. The topological polar surface area (TPSA) is 95.9 Å². The molecule has 71 heavy (non-hydrogen) atoms. The first kappa shape index (κ1) is 69.3. The van der Waals surface area contributed by atoms with Crippen LogP contribution in [0.15, 0.2) is 24.3 Å². The normalized spacial score (nSPS) is 12.7. The van der Waals surface area contributed by atoms with Crippen molar-refractivity contribution >= 4 is 11.9 Å². The van der Waals surface area contributed by atoms with Gasteiger partial charge in [0.05, 0.1) is 25.4 Å². The first-order chi connectivity index (χ1) is 35.0. The van der Waals surface area contributed by atoms with Crippen LogP contribution in [0.4, 0.5) is 0 Å². The van der Waals surface area contributed by atoms with Crippen molar-refractivity contribution in [2.24, 2.45) is 0 Å². The van der Waals surface area contributed by atoms with Crippen molar-refractivity contribution in [1.29, 1.82) is 0 Å². The lowest BCUT2D eigenvalue weighted by atomic mass is 10.0. The second-order valence-electron chi connectivity index (χ2n) is 22.1. The molecule has 2 atom stereocenters. The monoisotopic (exact) mass is 1000 g/mol. The van der Waals surface area contributed by atoms with Crippen LogP contribution in [-0.4, -0.2) is 47.4 Å². The van der Waals surface area contributed by atoms with E-state index in [1.54, 1.807) is 0 Å². The first-order valence-corrected chi connectivity index (χ1v) is 32.1. The van der Waals surface area contributed by atoms with Gasteiger partial charge in [-0.2, -0.15) is 0 Å². The minimum atomic E-state index is -0.665.